The van der Waals surface area contributed by atoms with Gasteiger partial charge in [0.2, 0.25) is 0 Å². The standard InChI is InChI=1S/C9H11ClN2O4S/c1-12(16-2)9(13)11-7-3-5-8(6-4-7)17(10,14)15/h3-6H,1-2H3,(H,11,13). The van der Waals surface area contributed by atoms with Gasteiger partial charge in [0, 0.05) is 23.4 Å². The normalized spacial score (nSPS) is 11.0. The maximum Gasteiger partial charge on any atom is 0.345 e. The molecule has 0 bridgehead atoms. The Morgan fingerprint density at radius 3 is 2.29 bits per heavy atom. The van der Waals surface area contributed by atoms with E-state index in [1.54, 1.807) is 0 Å². The third-order valence-electron chi connectivity index (χ3n) is 1.95. The molecule has 0 aliphatic heterocycles. The molecule has 1 aromatic carbocycles. The summed E-state index contributed by atoms with van der Waals surface area (Å²) in [4.78, 5) is 16.0. The first-order chi connectivity index (χ1) is 7.84. The van der Waals surface area contributed by atoms with Gasteiger partial charge in [-0.05, 0) is 24.3 Å². The van der Waals surface area contributed by atoms with Gasteiger partial charge in [-0.15, -0.1) is 0 Å². The van der Waals surface area contributed by atoms with E-state index in [1.165, 1.54) is 38.4 Å². The Hall–Kier alpha value is -1.31. The summed E-state index contributed by atoms with van der Waals surface area (Å²) in [6, 6.07) is 4.97. The van der Waals surface area contributed by atoms with Crippen LogP contribution < -0.4 is 5.32 Å². The van der Waals surface area contributed by atoms with Gasteiger partial charge in [0.1, 0.15) is 0 Å². The number of nitrogens with one attached hydrogen (secondary N) is 1. The Morgan fingerprint density at radius 2 is 1.88 bits per heavy atom. The van der Waals surface area contributed by atoms with Crippen LogP contribution in [0.3, 0.4) is 0 Å². The summed E-state index contributed by atoms with van der Waals surface area (Å²) in [7, 11) is 4.19. The molecule has 0 aliphatic rings. The summed E-state index contributed by atoms with van der Waals surface area (Å²) in [5, 5.41) is 3.49. The van der Waals surface area contributed by atoms with Gasteiger partial charge in [-0.2, -0.15) is 0 Å². The van der Waals surface area contributed by atoms with Crippen molar-refractivity contribution in [2.75, 3.05) is 19.5 Å². The largest absolute Gasteiger partial charge is 0.345 e. The fraction of sp³-hybridized carbons (Fsp3) is 0.222. The molecule has 0 aliphatic carbocycles. The molecule has 0 saturated carbocycles. The molecular formula is C9H11ClN2O4S. The molecule has 0 radical (unpaired) electrons. The van der Waals surface area contributed by atoms with Crippen LogP contribution in [-0.2, 0) is 13.9 Å². The maximum atomic E-state index is 11.4. The zero-order valence-electron chi connectivity index (χ0n) is 9.18. The van der Waals surface area contributed by atoms with Crippen molar-refractivity contribution in [3.63, 3.8) is 0 Å². The van der Waals surface area contributed by atoms with Crippen molar-refractivity contribution >= 4 is 31.5 Å². The number of amides is 2. The maximum absolute atomic E-state index is 11.4. The van der Waals surface area contributed by atoms with Crippen LogP contribution in [0.5, 0.6) is 0 Å². The minimum absolute atomic E-state index is 0.0303. The number of hydrogen-bond donors (Lipinski definition) is 1. The van der Waals surface area contributed by atoms with Crippen LogP contribution >= 0.6 is 10.7 Å². The predicted octanol–water partition coefficient (Wildman–Crippen LogP) is 1.64. The van der Waals surface area contributed by atoms with Crippen molar-refractivity contribution in [2.45, 2.75) is 4.90 Å². The molecule has 1 N–H and O–H groups in total. The van der Waals surface area contributed by atoms with Crippen LogP contribution in [0.2, 0.25) is 0 Å². The number of benzene rings is 1. The van der Waals surface area contributed by atoms with Crippen molar-refractivity contribution < 1.29 is 18.0 Å². The van der Waals surface area contributed by atoms with Crippen molar-refractivity contribution in [3.8, 4) is 0 Å². The molecule has 6 nitrogen and oxygen atoms in total. The van der Waals surface area contributed by atoms with Crippen LogP contribution in [0.1, 0.15) is 0 Å². The monoisotopic (exact) mass is 278 g/mol. The first kappa shape index (κ1) is 13.8. The van der Waals surface area contributed by atoms with E-state index in [0.29, 0.717) is 5.69 Å². The lowest BCUT2D eigenvalue weighted by molar-refractivity contribution is -0.0598. The van der Waals surface area contributed by atoms with Gasteiger partial charge in [0.25, 0.3) is 9.05 Å². The van der Waals surface area contributed by atoms with E-state index >= 15 is 0 Å². The smallest absolute Gasteiger partial charge is 0.306 e. The van der Waals surface area contributed by atoms with Crippen molar-refractivity contribution in [1.82, 2.24) is 5.06 Å². The van der Waals surface area contributed by atoms with E-state index < -0.39 is 15.1 Å². The van der Waals surface area contributed by atoms with Gasteiger partial charge in [0.15, 0.2) is 0 Å². The molecule has 0 atom stereocenters. The molecule has 2 amide bonds. The SMILES string of the molecule is CON(C)C(=O)Nc1ccc(S(=O)(=O)Cl)cc1. The van der Waals surface area contributed by atoms with Crippen LogP contribution in [0.25, 0.3) is 0 Å². The Labute approximate surface area is 103 Å². The second-order valence-corrected chi connectivity index (χ2v) is 5.64. The number of hydroxylamine groups is 2. The molecule has 0 heterocycles. The van der Waals surface area contributed by atoms with Gasteiger partial charge >= 0.3 is 6.03 Å². The van der Waals surface area contributed by atoms with E-state index in [4.69, 9.17) is 10.7 Å². The Balaban J connectivity index is 2.79. The van der Waals surface area contributed by atoms with E-state index in [0.717, 1.165) is 5.06 Å². The number of urea groups is 1. The highest BCUT2D eigenvalue weighted by Crippen LogP contribution is 2.17. The highest BCUT2D eigenvalue weighted by molar-refractivity contribution is 8.13. The number of halogens is 1. The Kier molecular flexibility index (Phi) is 4.33. The van der Waals surface area contributed by atoms with E-state index in [9.17, 15) is 13.2 Å². The molecule has 1 aromatic rings. The quantitative estimate of drug-likeness (QED) is 0.674. The van der Waals surface area contributed by atoms with Crippen molar-refractivity contribution in [2.24, 2.45) is 0 Å². The number of anilines is 1. The zero-order valence-corrected chi connectivity index (χ0v) is 10.7. The molecule has 0 spiro atoms. The van der Waals surface area contributed by atoms with Crippen molar-refractivity contribution in [1.29, 1.82) is 0 Å². The Morgan fingerprint density at radius 1 is 1.35 bits per heavy atom. The highest BCUT2D eigenvalue weighted by Gasteiger charge is 2.11. The minimum Gasteiger partial charge on any atom is -0.306 e. The zero-order chi connectivity index (χ0) is 13.1. The lowest BCUT2D eigenvalue weighted by Gasteiger charge is -2.14. The third kappa shape index (κ3) is 3.88. The van der Waals surface area contributed by atoms with Gasteiger partial charge in [0.05, 0.1) is 12.0 Å². The summed E-state index contributed by atoms with van der Waals surface area (Å²) < 4.78 is 21.9. The highest BCUT2D eigenvalue weighted by atomic mass is 35.7. The lowest BCUT2D eigenvalue weighted by atomic mass is 10.3. The number of rotatable bonds is 3. The molecule has 17 heavy (non-hydrogen) atoms. The molecule has 0 saturated heterocycles. The van der Waals surface area contributed by atoms with E-state index in [-0.39, 0.29) is 4.90 Å². The predicted molar refractivity (Wildman–Crippen MR) is 63.3 cm³/mol. The summed E-state index contributed by atoms with van der Waals surface area (Å²) in [6.07, 6.45) is 0. The number of carbonyl (C=O) groups is 1. The summed E-state index contributed by atoms with van der Waals surface area (Å²) in [6.45, 7) is 0. The average molecular weight is 279 g/mol. The number of hydrogen-bond acceptors (Lipinski definition) is 4. The van der Waals surface area contributed by atoms with E-state index in [1.807, 2.05) is 0 Å². The first-order valence-electron chi connectivity index (χ1n) is 4.48. The molecular weight excluding hydrogens is 268 g/mol. The van der Waals surface area contributed by atoms with Gasteiger partial charge < -0.3 is 5.32 Å². The van der Waals surface area contributed by atoms with Crippen molar-refractivity contribution in [3.05, 3.63) is 24.3 Å². The van der Waals surface area contributed by atoms with Crippen LogP contribution in [0, 0.1) is 0 Å². The van der Waals surface area contributed by atoms with Crippen LogP contribution in [0.15, 0.2) is 29.2 Å². The average Bonchev–Trinajstić information content (AvgIpc) is 2.27. The molecule has 8 heteroatoms. The molecule has 0 fully saturated rings. The summed E-state index contributed by atoms with van der Waals surface area (Å²) in [5.74, 6) is 0. The van der Waals surface area contributed by atoms with Gasteiger partial charge in [-0.3, -0.25) is 4.84 Å². The van der Waals surface area contributed by atoms with Gasteiger partial charge in [-0.25, -0.2) is 18.3 Å². The number of nitrogens with zero attached hydrogens (tertiary/aromatic N) is 1. The summed E-state index contributed by atoms with van der Waals surface area (Å²) in [5.41, 5.74) is 0.433. The van der Waals surface area contributed by atoms with Crippen LogP contribution in [-0.4, -0.2) is 33.7 Å². The summed E-state index contributed by atoms with van der Waals surface area (Å²) >= 11 is 0. The molecule has 0 aromatic heterocycles. The number of carbonyl (C=O) groups excluding carboxylic acids is 1. The van der Waals surface area contributed by atoms with Crippen LogP contribution in [0.4, 0.5) is 10.5 Å². The second-order valence-electron chi connectivity index (χ2n) is 3.07. The fourth-order valence-electron chi connectivity index (χ4n) is 0.986. The first-order valence-corrected chi connectivity index (χ1v) is 6.79. The lowest BCUT2D eigenvalue weighted by Crippen LogP contribution is -2.30. The Bertz CT molecular complexity index is 500. The molecule has 94 valence electrons. The topological polar surface area (TPSA) is 75.7 Å². The molecule has 1 rings (SSSR count). The van der Waals surface area contributed by atoms with Gasteiger partial charge in [-0.1, -0.05) is 0 Å². The third-order valence-corrected chi connectivity index (χ3v) is 3.32. The fourth-order valence-corrected chi connectivity index (χ4v) is 1.76. The molecule has 0 unspecified atom stereocenters. The van der Waals surface area contributed by atoms with E-state index in [2.05, 4.69) is 10.2 Å². The minimum atomic E-state index is -3.74. The second kappa shape index (κ2) is 5.35.